The van der Waals surface area contributed by atoms with Crippen molar-refractivity contribution in [2.75, 3.05) is 6.61 Å². The highest BCUT2D eigenvalue weighted by molar-refractivity contribution is 5.88. The molecule has 0 bridgehead atoms. The average molecular weight is 196 g/mol. The molecular weight excluding hydrogens is 180 g/mol. The lowest BCUT2D eigenvalue weighted by atomic mass is 10.2. The third-order valence-electron chi connectivity index (χ3n) is 1.70. The number of rotatable bonds is 4. The van der Waals surface area contributed by atoms with E-state index in [9.17, 15) is 4.79 Å². The topological polar surface area (TPSA) is 44.1 Å². The number of nitrogens with zero attached hydrogens (tertiary/aromatic N) is 2. The Morgan fingerprint density at radius 2 is 2.36 bits per heavy atom. The second-order valence-electron chi connectivity index (χ2n) is 3.57. The average Bonchev–Trinajstić information content (AvgIpc) is 2.52. The number of carbonyl (C=O) groups is 1. The highest BCUT2D eigenvalue weighted by Crippen LogP contribution is 2.03. The Morgan fingerprint density at radius 3 is 2.93 bits per heavy atom. The van der Waals surface area contributed by atoms with Gasteiger partial charge in [-0.1, -0.05) is 13.8 Å². The van der Waals surface area contributed by atoms with Gasteiger partial charge in [0.15, 0.2) is 0 Å². The van der Waals surface area contributed by atoms with Crippen molar-refractivity contribution in [1.82, 2.24) is 9.78 Å². The summed E-state index contributed by atoms with van der Waals surface area (Å²) in [4.78, 5) is 11.3. The highest BCUT2D eigenvalue weighted by atomic mass is 16.5. The first-order chi connectivity index (χ1) is 6.63. The fourth-order valence-electron chi connectivity index (χ4n) is 1.16. The molecule has 0 saturated carbocycles. The van der Waals surface area contributed by atoms with Gasteiger partial charge in [-0.25, -0.2) is 4.79 Å². The third-order valence-corrected chi connectivity index (χ3v) is 1.70. The van der Waals surface area contributed by atoms with Gasteiger partial charge in [0.05, 0.1) is 18.4 Å². The summed E-state index contributed by atoms with van der Waals surface area (Å²) in [5.74, 6) is 0.215. The molecule has 0 spiro atoms. The molecule has 0 aromatic carbocycles. The summed E-state index contributed by atoms with van der Waals surface area (Å²) in [7, 11) is 0. The van der Waals surface area contributed by atoms with Gasteiger partial charge in [-0.05, 0) is 12.8 Å². The lowest BCUT2D eigenvalue weighted by Gasteiger charge is -2.03. The number of esters is 1. The van der Waals surface area contributed by atoms with E-state index < -0.39 is 0 Å². The van der Waals surface area contributed by atoms with Crippen LogP contribution in [-0.4, -0.2) is 22.4 Å². The van der Waals surface area contributed by atoms with Crippen LogP contribution in [-0.2, 0) is 11.3 Å². The van der Waals surface area contributed by atoms with Crippen LogP contribution in [0, 0.1) is 5.92 Å². The van der Waals surface area contributed by atoms with Gasteiger partial charge in [0.25, 0.3) is 0 Å². The summed E-state index contributed by atoms with van der Waals surface area (Å²) < 4.78 is 6.61. The van der Waals surface area contributed by atoms with Crippen LogP contribution < -0.4 is 0 Å². The summed E-state index contributed by atoms with van der Waals surface area (Å²) in [5, 5.41) is 4.08. The van der Waals surface area contributed by atoms with Crippen LogP contribution in [0.3, 0.4) is 0 Å². The standard InChI is InChI=1S/C10H16N2O2/c1-4-14-10(13)9-5-11-12(7-9)6-8(2)3/h5,7-8H,4,6H2,1-3H3. The van der Waals surface area contributed by atoms with Crippen LogP contribution in [0.25, 0.3) is 0 Å². The number of hydrogen-bond acceptors (Lipinski definition) is 3. The van der Waals surface area contributed by atoms with E-state index in [1.165, 1.54) is 0 Å². The van der Waals surface area contributed by atoms with Crippen LogP contribution in [0.2, 0.25) is 0 Å². The van der Waals surface area contributed by atoms with Gasteiger partial charge in [0.1, 0.15) is 0 Å². The second-order valence-corrected chi connectivity index (χ2v) is 3.57. The molecule has 1 heterocycles. The Hall–Kier alpha value is -1.32. The van der Waals surface area contributed by atoms with Crippen molar-refractivity contribution in [3.63, 3.8) is 0 Å². The third kappa shape index (κ3) is 2.87. The van der Waals surface area contributed by atoms with Crippen molar-refractivity contribution in [3.05, 3.63) is 18.0 Å². The quantitative estimate of drug-likeness (QED) is 0.689. The first-order valence-electron chi connectivity index (χ1n) is 4.83. The van der Waals surface area contributed by atoms with Gasteiger partial charge in [-0.15, -0.1) is 0 Å². The van der Waals surface area contributed by atoms with Crippen LogP contribution in [0.4, 0.5) is 0 Å². The first-order valence-corrected chi connectivity index (χ1v) is 4.83. The Morgan fingerprint density at radius 1 is 1.64 bits per heavy atom. The first kappa shape index (κ1) is 10.8. The fourth-order valence-corrected chi connectivity index (χ4v) is 1.16. The Kier molecular flexibility index (Phi) is 3.68. The molecule has 0 N–H and O–H groups in total. The minimum Gasteiger partial charge on any atom is -0.462 e. The molecule has 1 aromatic rings. The Bertz CT molecular complexity index is 305. The Balaban J connectivity index is 2.63. The zero-order chi connectivity index (χ0) is 10.6. The van der Waals surface area contributed by atoms with Crippen molar-refractivity contribution >= 4 is 5.97 Å². The molecule has 0 radical (unpaired) electrons. The zero-order valence-corrected chi connectivity index (χ0v) is 8.86. The van der Waals surface area contributed by atoms with Crippen LogP contribution in [0.1, 0.15) is 31.1 Å². The minimum atomic E-state index is -0.303. The Labute approximate surface area is 83.9 Å². The maximum Gasteiger partial charge on any atom is 0.341 e. The molecule has 0 atom stereocenters. The molecule has 0 saturated heterocycles. The SMILES string of the molecule is CCOC(=O)c1cnn(CC(C)C)c1. The van der Waals surface area contributed by atoms with E-state index >= 15 is 0 Å². The normalized spacial score (nSPS) is 10.6. The van der Waals surface area contributed by atoms with Gasteiger partial charge < -0.3 is 4.74 Å². The summed E-state index contributed by atoms with van der Waals surface area (Å²) in [6.45, 7) is 7.21. The van der Waals surface area contributed by atoms with Crippen molar-refractivity contribution in [3.8, 4) is 0 Å². The van der Waals surface area contributed by atoms with E-state index in [1.54, 1.807) is 24.0 Å². The molecule has 14 heavy (non-hydrogen) atoms. The molecule has 0 amide bonds. The monoisotopic (exact) mass is 196 g/mol. The molecule has 4 nitrogen and oxygen atoms in total. The van der Waals surface area contributed by atoms with E-state index in [0.717, 1.165) is 6.54 Å². The molecule has 1 rings (SSSR count). The van der Waals surface area contributed by atoms with E-state index in [0.29, 0.717) is 18.1 Å². The van der Waals surface area contributed by atoms with E-state index in [2.05, 4.69) is 18.9 Å². The zero-order valence-electron chi connectivity index (χ0n) is 8.86. The summed E-state index contributed by atoms with van der Waals surface area (Å²) >= 11 is 0. The lowest BCUT2D eigenvalue weighted by molar-refractivity contribution is 0.0526. The maximum absolute atomic E-state index is 11.3. The molecule has 0 aliphatic carbocycles. The maximum atomic E-state index is 11.3. The summed E-state index contributed by atoms with van der Waals surface area (Å²) in [6, 6.07) is 0. The molecule has 78 valence electrons. The van der Waals surface area contributed by atoms with Crippen molar-refractivity contribution in [2.24, 2.45) is 5.92 Å². The van der Waals surface area contributed by atoms with E-state index in [4.69, 9.17) is 4.74 Å². The fraction of sp³-hybridized carbons (Fsp3) is 0.600. The number of aromatic nitrogens is 2. The van der Waals surface area contributed by atoms with Gasteiger partial charge in [0, 0.05) is 12.7 Å². The van der Waals surface area contributed by atoms with Crippen molar-refractivity contribution < 1.29 is 9.53 Å². The second kappa shape index (κ2) is 4.79. The number of ether oxygens (including phenoxy) is 1. The van der Waals surface area contributed by atoms with Crippen LogP contribution in [0.5, 0.6) is 0 Å². The highest BCUT2D eigenvalue weighted by Gasteiger charge is 2.09. The molecule has 0 fully saturated rings. The number of hydrogen-bond donors (Lipinski definition) is 0. The number of carbonyl (C=O) groups excluding carboxylic acids is 1. The molecule has 0 aliphatic rings. The van der Waals surface area contributed by atoms with Crippen molar-refractivity contribution in [1.29, 1.82) is 0 Å². The molecule has 4 heteroatoms. The molecular formula is C10H16N2O2. The predicted molar refractivity (Wildman–Crippen MR) is 53.0 cm³/mol. The molecule has 1 aromatic heterocycles. The summed E-state index contributed by atoms with van der Waals surface area (Å²) in [6.07, 6.45) is 3.26. The van der Waals surface area contributed by atoms with Gasteiger partial charge in [-0.3, -0.25) is 4.68 Å². The predicted octanol–water partition coefficient (Wildman–Crippen LogP) is 1.72. The smallest absolute Gasteiger partial charge is 0.341 e. The van der Waals surface area contributed by atoms with Gasteiger partial charge in [-0.2, -0.15) is 5.10 Å². The van der Waals surface area contributed by atoms with Crippen molar-refractivity contribution in [2.45, 2.75) is 27.3 Å². The van der Waals surface area contributed by atoms with Gasteiger partial charge >= 0.3 is 5.97 Å². The minimum absolute atomic E-state index is 0.303. The van der Waals surface area contributed by atoms with E-state index in [-0.39, 0.29) is 5.97 Å². The largest absolute Gasteiger partial charge is 0.462 e. The summed E-state index contributed by atoms with van der Waals surface area (Å²) in [5.41, 5.74) is 0.521. The molecule has 0 aliphatic heterocycles. The van der Waals surface area contributed by atoms with Gasteiger partial charge in [0.2, 0.25) is 0 Å². The lowest BCUT2D eigenvalue weighted by Crippen LogP contribution is -2.05. The van der Waals surface area contributed by atoms with Crippen LogP contribution >= 0.6 is 0 Å². The van der Waals surface area contributed by atoms with E-state index in [1.807, 2.05) is 0 Å². The van der Waals surface area contributed by atoms with Crippen LogP contribution in [0.15, 0.2) is 12.4 Å². The molecule has 0 unspecified atom stereocenters.